The number of ether oxygens (including phenoxy) is 1. The SMILES string of the molecule is O=S1(=O)CCC(COCc2cccnc2)C12CN(C1CCC1)C2. The first-order valence-electron chi connectivity index (χ1n) is 8.54. The summed E-state index contributed by atoms with van der Waals surface area (Å²) in [7, 11) is -2.98. The summed E-state index contributed by atoms with van der Waals surface area (Å²) in [6.45, 7) is 2.49. The van der Waals surface area contributed by atoms with E-state index in [1.807, 2.05) is 12.1 Å². The maximum atomic E-state index is 12.6. The van der Waals surface area contributed by atoms with Crippen molar-refractivity contribution in [1.29, 1.82) is 0 Å². The highest BCUT2D eigenvalue weighted by Crippen LogP contribution is 2.47. The van der Waals surface area contributed by atoms with Gasteiger partial charge in [-0.2, -0.15) is 0 Å². The summed E-state index contributed by atoms with van der Waals surface area (Å²) < 4.78 is 30.5. The van der Waals surface area contributed by atoms with Crippen molar-refractivity contribution in [1.82, 2.24) is 9.88 Å². The summed E-state index contributed by atoms with van der Waals surface area (Å²) in [6, 6.07) is 4.51. The Bertz CT molecular complexity index is 652. The second kappa shape index (κ2) is 5.83. The van der Waals surface area contributed by atoms with Crippen LogP contribution in [0.2, 0.25) is 0 Å². The zero-order valence-corrected chi connectivity index (χ0v) is 14.2. The highest BCUT2D eigenvalue weighted by Gasteiger charge is 2.62. The van der Waals surface area contributed by atoms with Crippen LogP contribution in [0.4, 0.5) is 0 Å². The Morgan fingerprint density at radius 2 is 2.13 bits per heavy atom. The average molecular weight is 336 g/mol. The van der Waals surface area contributed by atoms with Gasteiger partial charge >= 0.3 is 0 Å². The van der Waals surface area contributed by atoms with Gasteiger partial charge in [0.05, 0.1) is 19.0 Å². The van der Waals surface area contributed by atoms with Gasteiger partial charge in [0.25, 0.3) is 0 Å². The van der Waals surface area contributed by atoms with E-state index in [0.29, 0.717) is 25.0 Å². The van der Waals surface area contributed by atoms with E-state index in [-0.39, 0.29) is 5.92 Å². The fourth-order valence-electron chi connectivity index (χ4n) is 4.16. The first kappa shape index (κ1) is 15.5. The summed E-state index contributed by atoms with van der Waals surface area (Å²) in [5, 5.41) is 0. The maximum absolute atomic E-state index is 12.6. The molecule has 23 heavy (non-hydrogen) atoms. The highest BCUT2D eigenvalue weighted by atomic mass is 32.2. The molecule has 3 fully saturated rings. The molecule has 1 aromatic rings. The molecule has 0 radical (unpaired) electrons. The lowest BCUT2D eigenvalue weighted by Gasteiger charge is -2.55. The molecule has 0 amide bonds. The Morgan fingerprint density at radius 1 is 1.30 bits per heavy atom. The van der Waals surface area contributed by atoms with E-state index in [2.05, 4.69) is 9.88 Å². The molecule has 1 saturated carbocycles. The van der Waals surface area contributed by atoms with Crippen LogP contribution < -0.4 is 0 Å². The molecule has 1 unspecified atom stereocenters. The number of hydrogen-bond acceptors (Lipinski definition) is 5. The van der Waals surface area contributed by atoms with Crippen LogP contribution in [0.25, 0.3) is 0 Å². The van der Waals surface area contributed by atoms with E-state index in [0.717, 1.165) is 25.1 Å². The highest BCUT2D eigenvalue weighted by molar-refractivity contribution is 7.93. The molecule has 3 aliphatic rings. The van der Waals surface area contributed by atoms with Gasteiger partial charge in [-0.3, -0.25) is 9.88 Å². The topological polar surface area (TPSA) is 59.5 Å². The Hall–Kier alpha value is -0.980. The molecular weight excluding hydrogens is 312 g/mol. The largest absolute Gasteiger partial charge is 0.376 e. The minimum atomic E-state index is -2.98. The van der Waals surface area contributed by atoms with E-state index < -0.39 is 14.6 Å². The molecule has 6 heteroatoms. The third kappa shape index (κ3) is 2.61. The third-order valence-corrected chi connectivity index (χ3v) is 8.55. The van der Waals surface area contributed by atoms with Gasteiger partial charge in [0.15, 0.2) is 9.84 Å². The molecule has 0 N–H and O–H groups in total. The van der Waals surface area contributed by atoms with E-state index >= 15 is 0 Å². The van der Waals surface area contributed by atoms with Crippen LogP contribution in [0, 0.1) is 5.92 Å². The Kier molecular flexibility index (Phi) is 3.94. The molecule has 3 heterocycles. The number of likely N-dealkylation sites (tertiary alicyclic amines) is 1. The Labute approximate surface area is 138 Å². The fourth-order valence-corrected chi connectivity index (χ4v) is 6.58. The molecule has 2 saturated heterocycles. The summed E-state index contributed by atoms with van der Waals surface area (Å²) >= 11 is 0. The lowest BCUT2D eigenvalue weighted by molar-refractivity contribution is -0.0151. The van der Waals surface area contributed by atoms with Crippen LogP contribution in [0.15, 0.2) is 24.5 Å². The first-order valence-corrected chi connectivity index (χ1v) is 10.2. The summed E-state index contributed by atoms with van der Waals surface area (Å²) in [6.07, 6.45) is 8.04. The van der Waals surface area contributed by atoms with E-state index in [4.69, 9.17) is 4.74 Å². The van der Waals surface area contributed by atoms with Crippen LogP contribution >= 0.6 is 0 Å². The van der Waals surface area contributed by atoms with Crippen LogP contribution in [-0.4, -0.2) is 54.5 Å². The van der Waals surface area contributed by atoms with Gasteiger partial charge in [0.2, 0.25) is 0 Å². The molecule has 1 spiro atoms. The molecule has 1 aliphatic carbocycles. The molecule has 126 valence electrons. The van der Waals surface area contributed by atoms with Crippen molar-refractivity contribution >= 4 is 9.84 Å². The number of rotatable bonds is 5. The van der Waals surface area contributed by atoms with Gasteiger partial charge in [-0.1, -0.05) is 12.5 Å². The Morgan fingerprint density at radius 3 is 2.78 bits per heavy atom. The van der Waals surface area contributed by atoms with Crippen molar-refractivity contribution in [2.24, 2.45) is 5.92 Å². The second-order valence-electron chi connectivity index (χ2n) is 7.24. The second-order valence-corrected chi connectivity index (χ2v) is 9.69. The van der Waals surface area contributed by atoms with Crippen molar-refractivity contribution in [3.8, 4) is 0 Å². The van der Waals surface area contributed by atoms with Gasteiger partial charge in [-0.15, -0.1) is 0 Å². The van der Waals surface area contributed by atoms with E-state index in [9.17, 15) is 8.42 Å². The molecular formula is C17H24N2O3S. The number of sulfone groups is 1. The van der Waals surface area contributed by atoms with Crippen LogP contribution in [0.1, 0.15) is 31.2 Å². The monoisotopic (exact) mass is 336 g/mol. The van der Waals surface area contributed by atoms with Crippen molar-refractivity contribution in [2.75, 3.05) is 25.4 Å². The lowest BCUT2D eigenvalue weighted by Crippen LogP contribution is -2.70. The zero-order valence-electron chi connectivity index (χ0n) is 13.4. The lowest BCUT2D eigenvalue weighted by atomic mass is 9.79. The van der Waals surface area contributed by atoms with Crippen molar-refractivity contribution < 1.29 is 13.2 Å². The summed E-state index contributed by atoms with van der Waals surface area (Å²) in [5.41, 5.74) is 1.03. The molecule has 5 nitrogen and oxygen atoms in total. The summed E-state index contributed by atoms with van der Waals surface area (Å²) in [4.78, 5) is 6.45. The minimum Gasteiger partial charge on any atom is -0.376 e. The van der Waals surface area contributed by atoms with Gasteiger partial charge < -0.3 is 4.74 Å². The van der Waals surface area contributed by atoms with Crippen molar-refractivity contribution in [3.05, 3.63) is 30.1 Å². The molecule has 4 rings (SSSR count). The van der Waals surface area contributed by atoms with Crippen molar-refractivity contribution in [2.45, 2.75) is 43.1 Å². The Balaban J connectivity index is 1.38. The quantitative estimate of drug-likeness (QED) is 0.818. The smallest absolute Gasteiger partial charge is 0.158 e. The first-order chi connectivity index (χ1) is 11.1. The van der Waals surface area contributed by atoms with Crippen molar-refractivity contribution in [3.63, 3.8) is 0 Å². The van der Waals surface area contributed by atoms with Gasteiger partial charge in [0, 0.05) is 37.4 Å². The maximum Gasteiger partial charge on any atom is 0.158 e. The number of pyridine rings is 1. The van der Waals surface area contributed by atoms with Gasteiger partial charge in [-0.05, 0) is 30.9 Å². The molecule has 1 atom stereocenters. The number of aromatic nitrogens is 1. The molecule has 0 bridgehead atoms. The number of nitrogens with zero attached hydrogens (tertiary/aromatic N) is 2. The van der Waals surface area contributed by atoms with Gasteiger partial charge in [0.1, 0.15) is 4.75 Å². The average Bonchev–Trinajstić information content (AvgIpc) is 2.70. The summed E-state index contributed by atoms with van der Waals surface area (Å²) in [5.74, 6) is 0.465. The predicted molar refractivity (Wildman–Crippen MR) is 87.7 cm³/mol. The standard InChI is InChI=1S/C17H24N2O3S/c20-23(21)8-6-15(11-22-10-14-3-2-7-18-9-14)17(23)12-19(13-17)16-4-1-5-16/h2-3,7,9,15-16H,1,4-6,8,10-13H2. The van der Waals surface area contributed by atoms with Crippen LogP contribution in [-0.2, 0) is 21.2 Å². The van der Waals surface area contributed by atoms with Crippen LogP contribution in [0.5, 0.6) is 0 Å². The normalized spacial score (nSPS) is 29.3. The van der Waals surface area contributed by atoms with E-state index in [1.54, 1.807) is 12.4 Å². The molecule has 1 aromatic heterocycles. The zero-order chi connectivity index (χ0) is 15.9. The molecule has 2 aliphatic heterocycles. The number of hydrogen-bond donors (Lipinski definition) is 0. The van der Waals surface area contributed by atoms with Crippen LogP contribution in [0.3, 0.4) is 0 Å². The minimum absolute atomic E-state index is 0.139. The molecule has 0 aromatic carbocycles. The third-order valence-electron chi connectivity index (χ3n) is 5.94. The fraction of sp³-hybridized carbons (Fsp3) is 0.706. The van der Waals surface area contributed by atoms with E-state index in [1.165, 1.54) is 19.3 Å². The van der Waals surface area contributed by atoms with Gasteiger partial charge in [-0.25, -0.2) is 8.42 Å². The predicted octanol–water partition coefficient (Wildman–Crippen LogP) is 1.64.